The molecule has 0 saturated carbocycles. The quantitative estimate of drug-likeness (QED) is 0.343. The van der Waals surface area contributed by atoms with Gasteiger partial charge in [-0.2, -0.15) is 0 Å². The molecule has 1 saturated heterocycles. The molecule has 3 heterocycles. The molecule has 4 N–H and O–H groups in total. The summed E-state index contributed by atoms with van der Waals surface area (Å²) in [5.74, 6) is 0.654. The van der Waals surface area contributed by atoms with E-state index in [0.717, 1.165) is 28.8 Å². The van der Waals surface area contributed by atoms with Crippen LogP contribution < -0.4 is 16.0 Å². The lowest BCUT2D eigenvalue weighted by Crippen LogP contribution is -2.60. The maximum absolute atomic E-state index is 12.7. The van der Waals surface area contributed by atoms with E-state index >= 15 is 0 Å². The fourth-order valence-electron chi connectivity index (χ4n) is 4.42. The molecule has 2 atom stereocenters. The average Bonchev–Trinajstić information content (AvgIpc) is 3.44. The third-order valence-electron chi connectivity index (χ3n) is 6.55. The highest BCUT2D eigenvalue weighted by Gasteiger charge is 2.30. The minimum Gasteiger partial charge on any atom is -0.508 e. The molecule has 3 aromatic rings. The summed E-state index contributed by atoms with van der Waals surface area (Å²) in [6, 6.07) is 17.2. The number of hydrogen-bond acceptors (Lipinski definition) is 11. The summed E-state index contributed by atoms with van der Waals surface area (Å²) in [5.41, 5.74) is 4.09. The number of amides is 1. The molecule has 12 heteroatoms. The molecule has 0 aliphatic carbocycles. The summed E-state index contributed by atoms with van der Waals surface area (Å²) in [7, 11) is 0. The third kappa shape index (κ3) is 6.52. The Bertz CT molecular complexity index is 1300. The maximum Gasteiger partial charge on any atom is 0.258 e. The van der Waals surface area contributed by atoms with Crippen LogP contribution in [0.2, 0.25) is 0 Å². The first kappa shape index (κ1) is 25.4. The van der Waals surface area contributed by atoms with Crippen LogP contribution in [-0.4, -0.2) is 63.9 Å². The van der Waals surface area contributed by atoms with Crippen LogP contribution >= 0.6 is 0 Å². The minimum atomic E-state index is -0.742. The van der Waals surface area contributed by atoms with Gasteiger partial charge in [0.05, 0.1) is 11.7 Å². The lowest BCUT2D eigenvalue weighted by Gasteiger charge is -2.38. The molecule has 0 bridgehead atoms. The molecule has 2 aliphatic rings. The number of benzene rings is 2. The molecule has 2 aliphatic heterocycles. The Morgan fingerprint density at radius 3 is 2.74 bits per heavy atom. The van der Waals surface area contributed by atoms with Gasteiger partial charge in [0.2, 0.25) is 11.9 Å². The van der Waals surface area contributed by atoms with Crippen molar-refractivity contribution >= 4 is 11.9 Å². The van der Waals surface area contributed by atoms with E-state index in [1.807, 2.05) is 30.3 Å². The summed E-state index contributed by atoms with van der Waals surface area (Å²) in [6.45, 7) is 4.77. The molecule has 1 amide bonds. The molecule has 1 unspecified atom stereocenters. The Labute approximate surface area is 220 Å². The highest BCUT2D eigenvalue weighted by molar-refractivity contribution is 5.82. The van der Waals surface area contributed by atoms with E-state index in [-0.39, 0.29) is 23.7 Å². The average molecular weight is 515 g/mol. The number of aromatic nitrogens is 2. The largest absolute Gasteiger partial charge is 0.508 e. The number of phenolic OH excluding ortho intramolecular Hbond substituents is 1. The highest BCUT2D eigenvalue weighted by Crippen LogP contribution is 2.21. The van der Waals surface area contributed by atoms with E-state index in [2.05, 4.69) is 65.6 Å². The number of nitrogens with zero attached hydrogens (tertiary/aromatic N) is 7. The molecule has 0 radical (unpaired) electrons. The van der Waals surface area contributed by atoms with Gasteiger partial charge in [-0.1, -0.05) is 30.3 Å². The number of rotatable bonds is 9. The fourth-order valence-corrected chi connectivity index (χ4v) is 4.42. The zero-order valence-corrected chi connectivity index (χ0v) is 21.0. The SMILES string of the molecule is C[C@H]1CNC(C(=O)NC2N=NN=N2)CN1Cc1cccc(-c2ccnc(NCCc3ccc(O)cc3)n2)c1. The van der Waals surface area contributed by atoms with Crippen LogP contribution in [0, 0.1) is 0 Å². The van der Waals surface area contributed by atoms with Crippen LogP contribution in [0.25, 0.3) is 11.3 Å². The smallest absolute Gasteiger partial charge is 0.258 e. The number of anilines is 1. The molecule has 0 spiro atoms. The van der Waals surface area contributed by atoms with Crippen molar-refractivity contribution in [2.75, 3.05) is 25.0 Å². The Balaban J connectivity index is 1.20. The Kier molecular flexibility index (Phi) is 7.90. The molecule has 1 fully saturated rings. The van der Waals surface area contributed by atoms with Gasteiger partial charge in [0.1, 0.15) is 5.75 Å². The molecule has 1 aromatic heterocycles. The first-order valence-electron chi connectivity index (χ1n) is 12.6. The van der Waals surface area contributed by atoms with Gasteiger partial charge in [0, 0.05) is 44.0 Å². The summed E-state index contributed by atoms with van der Waals surface area (Å²) in [4.78, 5) is 24.0. The van der Waals surface area contributed by atoms with Gasteiger partial charge >= 0.3 is 0 Å². The van der Waals surface area contributed by atoms with Gasteiger partial charge < -0.3 is 21.1 Å². The number of carbonyl (C=O) groups is 1. The van der Waals surface area contributed by atoms with Crippen molar-refractivity contribution in [3.8, 4) is 17.0 Å². The van der Waals surface area contributed by atoms with Crippen LogP contribution in [-0.2, 0) is 17.8 Å². The minimum absolute atomic E-state index is 0.174. The first-order valence-corrected chi connectivity index (χ1v) is 12.6. The van der Waals surface area contributed by atoms with Crippen molar-refractivity contribution in [1.29, 1.82) is 0 Å². The zero-order valence-electron chi connectivity index (χ0n) is 21.0. The van der Waals surface area contributed by atoms with Crippen LogP contribution in [0.3, 0.4) is 0 Å². The van der Waals surface area contributed by atoms with Crippen molar-refractivity contribution in [3.63, 3.8) is 0 Å². The molecule has 2 aromatic carbocycles. The zero-order chi connectivity index (χ0) is 26.3. The van der Waals surface area contributed by atoms with Gasteiger partial charge in [-0.25, -0.2) is 9.97 Å². The van der Waals surface area contributed by atoms with Gasteiger partial charge in [0.15, 0.2) is 0 Å². The number of piperazine rings is 1. The number of phenols is 1. The Hall–Kier alpha value is -4.29. The molecular formula is C26H30N10O2. The lowest BCUT2D eigenvalue weighted by atomic mass is 10.0. The van der Waals surface area contributed by atoms with Crippen molar-refractivity contribution in [3.05, 3.63) is 71.9 Å². The second-order valence-electron chi connectivity index (χ2n) is 9.34. The molecule has 5 rings (SSSR count). The van der Waals surface area contributed by atoms with Crippen LogP contribution in [0.1, 0.15) is 18.1 Å². The van der Waals surface area contributed by atoms with E-state index in [1.165, 1.54) is 0 Å². The molecular weight excluding hydrogens is 484 g/mol. The number of nitrogens with one attached hydrogen (secondary N) is 3. The standard InChI is InChI=1S/C26H30N10O2/c1-17-14-29-23(24(38)31-26-32-34-35-33-26)16-36(17)15-19-3-2-4-20(13-19)22-10-12-28-25(30-22)27-11-9-18-5-7-21(37)8-6-18/h2-8,10,12-13,17,23,26,29,37H,9,11,14-16H2,1H3,(H,31,38)(H,27,28,30)/t17-,23?/m0/s1. The van der Waals surface area contributed by atoms with Crippen LogP contribution in [0.5, 0.6) is 5.75 Å². The monoisotopic (exact) mass is 514 g/mol. The topological polar surface area (TPSA) is 152 Å². The van der Waals surface area contributed by atoms with Gasteiger partial charge in [0.25, 0.3) is 6.29 Å². The number of hydrogen-bond donors (Lipinski definition) is 4. The Morgan fingerprint density at radius 2 is 1.92 bits per heavy atom. The van der Waals surface area contributed by atoms with E-state index < -0.39 is 6.29 Å². The lowest BCUT2D eigenvalue weighted by molar-refractivity contribution is -0.125. The van der Waals surface area contributed by atoms with Gasteiger partial charge in [-0.3, -0.25) is 9.69 Å². The third-order valence-corrected chi connectivity index (χ3v) is 6.55. The second-order valence-corrected chi connectivity index (χ2v) is 9.34. The van der Waals surface area contributed by atoms with E-state index in [0.29, 0.717) is 32.1 Å². The maximum atomic E-state index is 12.7. The van der Waals surface area contributed by atoms with Crippen LogP contribution in [0.4, 0.5) is 5.95 Å². The number of aromatic hydroxyl groups is 1. The first-order chi connectivity index (χ1) is 18.5. The highest BCUT2D eigenvalue weighted by atomic mass is 16.3. The molecule has 196 valence electrons. The van der Waals surface area contributed by atoms with E-state index in [1.54, 1.807) is 18.3 Å². The summed E-state index contributed by atoms with van der Waals surface area (Å²) >= 11 is 0. The predicted molar refractivity (Wildman–Crippen MR) is 141 cm³/mol. The summed E-state index contributed by atoms with van der Waals surface area (Å²) < 4.78 is 0. The Morgan fingerprint density at radius 1 is 1.11 bits per heavy atom. The molecule has 12 nitrogen and oxygen atoms in total. The predicted octanol–water partition coefficient (Wildman–Crippen LogP) is 2.90. The summed E-state index contributed by atoms with van der Waals surface area (Å²) in [6.07, 6.45) is 1.80. The summed E-state index contributed by atoms with van der Waals surface area (Å²) in [5, 5.41) is 33.1. The van der Waals surface area contributed by atoms with Gasteiger partial charge in [-0.15, -0.1) is 10.2 Å². The normalized spacial score (nSPS) is 19.5. The van der Waals surface area contributed by atoms with Crippen molar-refractivity contribution < 1.29 is 9.90 Å². The second kappa shape index (κ2) is 11.8. The van der Waals surface area contributed by atoms with Crippen molar-refractivity contribution in [2.45, 2.75) is 38.3 Å². The van der Waals surface area contributed by atoms with Crippen LogP contribution in [0.15, 0.2) is 81.5 Å². The molecule has 38 heavy (non-hydrogen) atoms. The van der Waals surface area contributed by atoms with Crippen molar-refractivity contribution in [1.82, 2.24) is 25.5 Å². The fraction of sp³-hybridized carbons (Fsp3) is 0.346. The van der Waals surface area contributed by atoms with E-state index in [9.17, 15) is 9.90 Å². The van der Waals surface area contributed by atoms with Crippen molar-refractivity contribution in [2.24, 2.45) is 20.7 Å². The van der Waals surface area contributed by atoms with E-state index in [4.69, 9.17) is 4.98 Å². The number of carbonyl (C=O) groups excluding carboxylic acids is 1. The van der Waals surface area contributed by atoms with Gasteiger partial charge in [-0.05, 0) is 59.2 Å².